The Bertz CT molecular complexity index is 543. The molecule has 0 spiro atoms. The molecule has 4 nitrogen and oxygen atoms in total. The number of benzene rings is 1. The summed E-state index contributed by atoms with van der Waals surface area (Å²) in [7, 11) is 3.35. The molecule has 1 aromatic heterocycles. The van der Waals surface area contributed by atoms with Crippen LogP contribution in [-0.4, -0.2) is 19.2 Å². The first kappa shape index (κ1) is 14.8. The van der Waals surface area contributed by atoms with Crippen LogP contribution < -0.4 is 14.8 Å². The normalized spacial score (nSPS) is 13.8. The van der Waals surface area contributed by atoms with Crippen molar-refractivity contribution in [2.75, 3.05) is 14.2 Å². The van der Waals surface area contributed by atoms with Crippen molar-refractivity contribution in [3.8, 4) is 11.5 Å². The number of nitrogens with one attached hydrogen (secondary N) is 1. The number of nitrogens with zero attached hydrogens (tertiary/aromatic N) is 1. The molecular weight excluding hydrogens is 272 g/mol. The number of rotatable bonds is 6. The summed E-state index contributed by atoms with van der Waals surface area (Å²) in [5.41, 5.74) is 3.99. The minimum absolute atomic E-state index is 0.136. The summed E-state index contributed by atoms with van der Waals surface area (Å²) < 4.78 is 10.7. The number of aromatic nitrogens is 1. The first-order valence-corrected chi connectivity index (χ1v) is 7.46. The molecule has 0 amide bonds. The fraction of sp³-hybridized carbons (Fsp3) is 0.400. The third-order valence-electron chi connectivity index (χ3n) is 3.30. The third kappa shape index (κ3) is 3.29. The molecule has 0 aliphatic rings. The Balaban J connectivity index is 2.17. The van der Waals surface area contributed by atoms with E-state index in [4.69, 9.17) is 9.47 Å². The van der Waals surface area contributed by atoms with Crippen LogP contribution in [0.25, 0.3) is 0 Å². The van der Waals surface area contributed by atoms with E-state index in [1.54, 1.807) is 25.6 Å². The van der Waals surface area contributed by atoms with Crippen LogP contribution in [0.5, 0.6) is 11.5 Å². The molecule has 1 N–H and O–H groups in total. The van der Waals surface area contributed by atoms with Gasteiger partial charge in [-0.2, -0.15) is 0 Å². The second-order valence-electron chi connectivity index (χ2n) is 4.63. The molecule has 0 aliphatic carbocycles. The lowest BCUT2D eigenvalue weighted by molar-refractivity contribution is 0.387. The molecule has 1 aromatic carbocycles. The minimum atomic E-state index is 0.136. The van der Waals surface area contributed by atoms with E-state index in [0.717, 1.165) is 22.8 Å². The van der Waals surface area contributed by atoms with Gasteiger partial charge in [-0.1, -0.05) is 0 Å². The van der Waals surface area contributed by atoms with Gasteiger partial charge in [0.25, 0.3) is 0 Å². The summed E-state index contributed by atoms with van der Waals surface area (Å²) >= 11 is 1.61. The van der Waals surface area contributed by atoms with Crippen molar-refractivity contribution < 1.29 is 9.47 Å². The molecule has 2 aromatic rings. The van der Waals surface area contributed by atoms with Gasteiger partial charge < -0.3 is 14.8 Å². The first-order valence-electron chi connectivity index (χ1n) is 6.51. The van der Waals surface area contributed by atoms with Crippen molar-refractivity contribution in [2.24, 2.45) is 0 Å². The van der Waals surface area contributed by atoms with Crippen LogP contribution in [0.15, 0.2) is 29.1 Å². The lowest BCUT2D eigenvalue weighted by atomic mass is 10.1. The summed E-state index contributed by atoms with van der Waals surface area (Å²) in [5.74, 6) is 1.69. The number of ether oxygens (including phenoxy) is 2. The number of hydrogen-bond acceptors (Lipinski definition) is 5. The quantitative estimate of drug-likeness (QED) is 0.884. The second-order valence-corrected chi connectivity index (χ2v) is 5.35. The fourth-order valence-electron chi connectivity index (χ4n) is 2.16. The van der Waals surface area contributed by atoms with Crippen LogP contribution in [-0.2, 0) is 0 Å². The maximum Gasteiger partial charge on any atom is 0.123 e. The predicted octanol–water partition coefficient (Wildman–Crippen LogP) is 3.57. The zero-order chi connectivity index (χ0) is 14.5. The van der Waals surface area contributed by atoms with E-state index in [1.165, 1.54) is 0 Å². The fourth-order valence-corrected chi connectivity index (χ4v) is 2.81. The maximum atomic E-state index is 5.43. The Kier molecular flexibility index (Phi) is 4.98. The standard InChI is InChI=1S/C15H20N2O2S/c1-10(17-11(2)14-8-20-9-16-14)13-7-12(18-3)5-6-15(13)19-4/h5-11,17H,1-4H3. The zero-order valence-electron chi connectivity index (χ0n) is 12.2. The molecule has 0 radical (unpaired) electrons. The van der Waals surface area contributed by atoms with Gasteiger partial charge >= 0.3 is 0 Å². The number of thiazole rings is 1. The van der Waals surface area contributed by atoms with Gasteiger partial charge in [0, 0.05) is 23.0 Å². The summed E-state index contributed by atoms with van der Waals surface area (Å²) in [6.45, 7) is 4.22. The largest absolute Gasteiger partial charge is 0.497 e. The average Bonchev–Trinajstić information content (AvgIpc) is 3.00. The summed E-state index contributed by atoms with van der Waals surface area (Å²) in [4.78, 5) is 4.34. The van der Waals surface area contributed by atoms with Gasteiger partial charge in [-0.15, -0.1) is 11.3 Å². The predicted molar refractivity (Wildman–Crippen MR) is 81.6 cm³/mol. The van der Waals surface area contributed by atoms with Crippen LogP contribution in [0.3, 0.4) is 0 Å². The van der Waals surface area contributed by atoms with Crippen molar-refractivity contribution in [3.63, 3.8) is 0 Å². The van der Waals surface area contributed by atoms with Crippen LogP contribution in [0.1, 0.15) is 37.2 Å². The van der Waals surface area contributed by atoms with Gasteiger partial charge in [0.05, 0.1) is 25.4 Å². The molecule has 5 heteroatoms. The van der Waals surface area contributed by atoms with Crippen molar-refractivity contribution in [2.45, 2.75) is 25.9 Å². The van der Waals surface area contributed by atoms with Crippen molar-refractivity contribution >= 4 is 11.3 Å². The average molecular weight is 292 g/mol. The topological polar surface area (TPSA) is 43.4 Å². The van der Waals surface area contributed by atoms with Crippen LogP contribution in [0.4, 0.5) is 0 Å². The smallest absolute Gasteiger partial charge is 0.123 e. The Morgan fingerprint density at radius 1 is 1.15 bits per heavy atom. The van der Waals surface area contributed by atoms with Crippen molar-refractivity contribution in [1.29, 1.82) is 0 Å². The van der Waals surface area contributed by atoms with Crippen LogP contribution >= 0.6 is 11.3 Å². The highest BCUT2D eigenvalue weighted by atomic mass is 32.1. The summed E-state index contributed by atoms with van der Waals surface area (Å²) in [5, 5.41) is 5.60. The Morgan fingerprint density at radius 3 is 2.55 bits per heavy atom. The van der Waals surface area contributed by atoms with E-state index in [0.29, 0.717) is 0 Å². The van der Waals surface area contributed by atoms with Gasteiger partial charge in [-0.3, -0.25) is 0 Å². The summed E-state index contributed by atoms with van der Waals surface area (Å²) in [6, 6.07) is 6.16. The molecule has 0 aliphatic heterocycles. The van der Waals surface area contributed by atoms with Crippen LogP contribution in [0, 0.1) is 0 Å². The molecule has 2 unspecified atom stereocenters. The van der Waals surface area contributed by atoms with Gasteiger partial charge in [0.15, 0.2) is 0 Å². The molecule has 0 fully saturated rings. The Labute approximate surface area is 123 Å². The van der Waals surface area contributed by atoms with Crippen molar-refractivity contribution in [3.05, 3.63) is 40.3 Å². The van der Waals surface area contributed by atoms with Gasteiger partial charge in [-0.25, -0.2) is 4.98 Å². The third-order valence-corrected chi connectivity index (χ3v) is 3.90. The zero-order valence-corrected chi connectivity index (χ0v) is 13.0. The first-order chi connectivity index (χ1) is 9.65. The van der Waals surface area contributed by atoms with E-state index >= 15 is 0 Å². The Hall–Kier alpha value is -1.59. The molecule has 2 atom stereocenters. The van der Waals surface area contributed by atoms with Crippen LogP contribution in [0.2, 0.25) is 0 Å². The van der Waals surface area contributed by atoms with E-state index in [-0.39, 0.29) is 12.1 Å². The lowest BCUT2D eigenvalue weighted by Gasteiger charge is -2.21. The highest BCUT2D eigenvalue weighted by Gasteiger charge is 2.16. The van der Waals surface area contributed by atoms with Crippen molar-refractivity contribution in [1.82, 2.24) is 10.3 Å². The van der Waals surface area contributed by atoms with Gasteiger partial charge in [-0.05, 0) is 32.0 Å². The molecule has 2 rings (SSSR count). The van der Waals surface area contributed by atoms with E-state index in [9.17, 15) is 0 Å². The molecule has 0 saturated carbocycles. The Morgan fingerprint density at radius 2 is 1.95 bits per heavy atom. The number of hydrogen-bond donors (Lipinski definition) is 1. The molecule has 20 heavy (non-hydrogen) atoms. The second kappa shape index (κ2) is 6.72. The molecular formula is C15H20N2O2S. The highest BCUT2D eigenvalue weighted by Crippen LogP contribution is 2.30. The van der Waals surface area contributed by atoms with Gasteiger partial charge in [0.2, 0.25) is 0 Å². The molecule has 1 heterocycles. The molecule has 0 saturated heterocycles. The highest BCUT2D eigenvalue weighted by molar-refractivity contribution is 7.07. The van der Waals surface area contributed by atoms with E-state index < -0.39 is 0 Å². The SMILES string of the molecule is COc1ccc(OC)c(C(C)NC(C)c2cscn2)c1. The van der Waals surface area contributed by atoms with E-state index in [2.05, 4.69) is 29.5 Å². The maximum absolute atomic E-state index is 5.43. The molecule has 108 valence electrons. The lowest BCUT2D eigenvalue weighted by Crippen LogP contribution is -2.23. The minimum Gasteiger partial charge on any atom is -0.497 e. The number of methoxy groups -OCH3 is 2. The van der Waals surface area contributed by atoms with Gasteiger partial charge in [0.1, 0.15) is 11.5 Å². The molecule has 0 bridgehead atoms. The monoisotopic (exact) mass is 292 g/mol. The summed E-state index contributed by atoms with van der Waals surface area (Å²) in [6.07, 6.45) is 0. The van der Waals surface area contributed by atoms with E-state index in [1.807, 2.05) is 23.7 Å².